The van der Waals surface area contributed by atoms with Crippen molar-refractivity contribution in [2.75, 3.05) is 12.4 Å². The molecule has 0 aliphatic heterocycles. The van der Waals surface area contributed by atoms with Crippen LogP contribution in [-0.2, 0) is 11.3 Å². The second-order valence-corrected chi connectivity index (χ2v) is 2.52. The van der Waals surface area contributed by atoms with E-state index in [9.17, 15) is 4.79 Å². The summed E-state index contributed by atoms with van der Waals surface area (Å²) in [6, 6.07) is 1.84. The number of aromatic nitrogens is 2. The maximum atomic E-state index is 10.7. The van der Waals surface area contributed by atoms with Gasteiger partial charge in [-0.3, -0.25) is 9.48 Å². The van der Waals surface area contributed by atoms with Crippen molar-refractivity contribution < 1.29 is 4.79 Å². The average molecular weight is 188 g/mol. The SMILES string of the molecule is O=C(CCl)NCCn1cccn1. The van der Waals surface area contributed by atoms with Gasteiger partial charge in [0.05, 0.1) is 6.54 Å². The highest BCUT2D eigenvalue weighted by atomic mass is 35.5. The number of carbonyl (C=O) groups is 1. The summed E-state index contributed by atoms with van der Waals surface area (Å²) in [4.78, 5) is 10.7. The van der Waals surface area contributed by atoms with Gasteiger partial charge < -0.3 is 5.32 Å². The largest absolute Gasteiger partial charge is 0.353 e. The monoisotopic (exact) mass is 187 g/mol. The summed E-state index contributed by atoms with van der Waals surface area (Å²) in [5.41, 5.74) is 0. The molecule has 0 unspecified atom stereocenters. The van der Waals surface area contributed by atoms with E-state index in [0.717, 1.165) is 0 Å². The summed E-state index contributed by atoms with van der Waals surface area (Å²) < 4.78 is 1.74. The number of hydrogen-bond acceptors (Lipinski definition) is 2. The molecule has 1 aromatic rings. The Labute approximate surface area is 75.5 Å². The van der Waals surface area contributed by atoms with Crippen molar-refractivity contribution in [1.82, 2.24) is 15.1 Å². The zero-order chi connectivity index (χ0) is 8.81. The van der Waals surface area contributed by atoms with Crippen LogP contribution in [-0.4, -0.2) is 28.1 Å². The zero-order valence-corrected chi connectivity index (χ0v) is 7.29. The minimum absolute atomic E-state index is 0.0130. The zero-order valence-electron chi connectivity index (χ0n) is 6.53. The van der Waals surface area contributed by atoms with Crippen LogP contribution in [0.2, 0.25) is 0 Å². The van der Waals surface area contributed by atoms with Crippen LogP contribution in [0.1, 0.15) is 0 Å². The Morgan fingerprint density at radius 1 is 1.67 bits per heavy atom. The third-order valence-corrected chi connectivity index (χ3v) is 1.59. The molecule has 0 spiro atoms. The Hall–Kier alpha value is -1.03. The number of nitrogens with one attached hydrogen (secondary N) is 1. The Balaban J connectivity index is 2.15. The lowest BCUT2D eigenvalue weighted by Crippen LogP contribution is -2.28. The highest BCUT2D eigenvalue weighted by molar-refractivity contribution is 6.27. The molecule has 1 rings (SSSR count). The second kappa shape index (κ2) is 4.77. The van der Waals surface area contributed by atoms with Crippen LogP contribution in [0.3, 0.4) is 0 Å². The number of amides is 1. The molecule has 1 N–H and O–H groups in total. The lowest BCUT2D eigenvalue weighted by Gasteiger charge is -2.02. The lowest BCUT2D eigenvalue weighted by atomic mass is 10.6. The van der Waals surface area contributed by atoms with Gasteiger partial charge in [0.2, 0.25) is 5.91 Å². The van der Waals surface area contributed by atoms with Crippen molar-refractivity contribution in [1.29, 1.82) is 0 Å². The predicted molar refractivity (Wildman–Crippen MR) is 46.0 cm³/mol. The predicted octanol–water partition coefficient (Wildman–Crippen LogP) is 0.238. The molecular formula is C7H10ClN3O. The maximum absolute atomic E-state index is 10.7. The molecule has 12 heavy (non-hydrogen) atoms. The van der Waals surface area contributed by atoms with Crippen LogP contribution in [0.5, 0.6) is 0 Å². The second-order valence-electron chi connectivity index (χ2n) is 2.25. The summed E-state index contributed by atoms with van der Waals surface area (Å²) in [5, 5.41) is 6.61. The van der Waals surface area contributed by atoms with E-state index in [2.05, 4.69) is 10.4 Å². The van der Waals surface area contributed by atoms with E-state index in [4.69, 9.17) is 11.6 Å². The maximum Gasteiger partial charge on any atom is 0.234 e. The molecule has 0 saturated carbocycles. The fourth-order valence-corrected chi connectivity index (χ4v) is 0.884. The molecule has 0 bridgehead atoms. The van der Waals surface area contributed by atoms with Gasteiger partial charge >= 0.3 is 0 Å². The van der Waals surface area contributed by atoms with E-state index >= 15 is 0 Å². The van der Waals surface area contributed by atoms with Gasteiger partial charge in [0, 0.05) is 18.9 Å². The van der Waals surface area contributed by atoms with Crippen molar-refractivity contribution in [2.24, 2.45) is 0 Å². The van der Waals surface area contributed by atoms with E-state index < -0.39 is 0 Å². The fourth-order valence-electron chi connectivity index (χ4n) is 0.790. The smallest absolute Gasteiger partial charge is 0.234 e. The third kappa shape index (κ3) is 2.92. The molecule has 0 radical (unpaired) electrons. The number of rotatable bonds is 4. The molecule has 0 fully saturated rings. The minimum Gasteiger partial charge on any atom is -0.353 e. The standard InChI is InChI=1S/C7H10ClN3O/c8-6-7(12)9-3-5-11-4-1-2-10-11/h1-2,4H,3,5-6H2,(H,9,12). The van der Waals surface area contributed by atoms with Gasteiger partial charge in [-0.2, -0.15) is 5.10 Å². The molecule has 5 heteroatoms. The number of carbonyl (C=O) groups excluding carboxylic acids is 1. The van der Waals surface area contributed by atoms with Gasteiger partial charge in [-0.25, -0.2) is 0 Å². The van der Waals surface area contributed by atoms with E-state index in [1.54, 1.807) is 10.9 Å². The summed E-state index contributed by atoms with van der Waals surface area (Å²) in [7, 11) is 0. The fraction of sp³-hybridized carbons (Fsp3) is 0.429. The lowest BCUT2D eigenvalue weighted by molar-refractivity contribution is -0.118. The third-order valence-electron chi connectivity index (χ3n) is 1.34. The Bertz CT molecular complexity index is 235. The van der Waals surface area contributed by atoms with Crippen molar-refractivity contribution >= 4 is 17.5 Å². The van der Waals surface area contributed by atoms with Crippen molar-refractivity contribution in [2.45, 2.75) is 6.54 Å². The van der Waals surface area contributed by atoms with Crippen LogP contribution in [0.4, 0.5) is 0 Å². The summed E-state index contributed by atoms with van der Waals surface area (Å²) in [6.45, 7) is 1.24. The normalized spacial score (nSPS) is 9.75. The summed E-state index contributed by atoms with van der Waals surface area (Å²) in [5.74, 6) is -0.136. The molecule has 0 saturated heterocycles. The summed E-state index contributed by atoms with van der Waals surface area (Å²) in [6.07, 6.45) is 3.54. The average Bonchev–Trinajstić information content (AvgIpc) is 2.57. The Kier molecular flexibility index (Phi) is 3.60. The van der Waals surface area contributed by atoms with E-state index in [-0.39, 0.29) is 11.8 Å². The molecule has 4 nitrogen and oxygen atoms in total. The number of nitrogens with zero attached hydrogens (tertiary/aromatic N) is 2. The molecular weight excluding hydrogens is 178 g/mol. The Morgan fingerprint density at radius 3 is 3.08 bits per heavy atom. The molecule has 0 atom stereocenters. The van der Waals surface area contributed by atoms with Crippen LogP contribution in [0, 0.1) is 0 Å². The molecule has 0 aliphatic rings. The first-order chi connectivity index (χ1) is 5.83. The Morgan fingerprint density at radius 2 is 2.50 bits per heavy atom. The topological polar surface area (TPSA) is 46.9 Å². The van der Waals surface area contributed by atoms with Gasteiger partial charge in [0.1, 0.15) is 5.88 Å². The van der Waals surface area contributed by atoms with Crippen LogP contribution >= 0.6 is 11.6 Å². The van der Waals surface area contributed by atoms with Crippen LogP contribution < -0.4 is 5.32 Å². The first-order valence-electron chi connectivity index (χ1n) is 3.63. The number of alkyl halides is 1. The van der Waals surface area contributed by atoms with Crippen LogP contribution in [0.15, 0.2) is 18.5 Å². The first-order valence-corrected chi connectivity index (χ1v) is 4.16. The van der Waals surface area contributed by atoms with Gasteiger partial charge in [-0.15, -0.1) is 11.6 Å². The van der Waals surface area contributed by atoms with Crippen molar-refractivity contribution in [3.05, 3.63) is 18.5 Å². The molecule has 1 aromatic heterocycles. The van der Waals surface area contributed by atoms with Crippen molar-refractivity contribution in [3.8, 4) is 0 Å². The molecule has 0 aromatic carbocycles. The van der Waals surface area contributed by atoms with Gasteiger partial charge in [-0.1, -0.05) is 0 Å². The van der Waals surface area contributed by atoms with Crippen LogP contribution in [0.25, 0.3) is 0 Å². The number of halogens is 1. The molecule has 0 aliphatic carbocycles. The van der Waals surface area contributed by atoms with E-state index in [0.29, 0.717) is 13.1 Å². The van der Waals surface area contributed by atoms with Gasteiger partial charge in [0.25, 0.3) is 0 Å². The first kappa shape index (κ1) is 9.06. The molecule has 66 valence electrons. The highest BCUT2D eigenvalue weighted by Crippen LogP contribution is 1.82. The van der Waals surface area contributed by atoms with E-state index in [1.807, 2.05) is 12.3 Å². The number of hydrogen-bond donors (Lipinski definition) is 1. The van der Waals surface area contributed by atoms with Gasteiger partial charge in [0.15, 0.2) is 0 Å². The minimum atomic E-state index is -0.149. The van der Waals surface area contributed by atoms with E-state index in [1.165, 1.54) is 0 Å². The quantitative estimate of drug-likeness (QED) is 0.687. The van der Waals surface area contributed by atoms with Crippen molar-refractivity contribution in [3.63, 3.8) is 0 Å². The van der Waals surface area contributed by atoms with Gasteiger partial charge in [-0.05, 0) is 6.07 Å². The molecule has 1 amide bonds. The molecule has 1 heterocycles. The highest BCUT2D eigenvalue weighted by Gasteiger charge is 1.96. The summed E-state index contributed by atoms with van der Waals surface area (Å²) >= 11 is 5.28.